The number of nitrogens with zero attached hydrogens (tertiary/aromatic N) is 1. The molecule has 0 N–H and O–H groups in total. The van der Waals surface area contributed by atoms with E-state index in [0.29, 0.717) is 0 Å². The first-order valence-electron chi connectivity index (χ1n) is 4.58. The first kappa shape index (κ1) is 8.98. The van der Waals surface area contributed by atoms with E-state index in [2.05, 4.69) is 5.32 Å². The van der Waals surface area contributed by atoms with Gasteiger partial charge >= 0.3 is 0 Å². The van der Waals surface area contributed by atoms with E-state index in [0.717, 1.165) is 30.7 Å². The van der Waals surface area contributed by atoms with E-state index in [9.17, 15) is 4.57 Å². The fourth-order valence-corrected chi connectivity index (χ4v) is 4.03. The molecule has 2 rings (SSSR count). The normalized spacial score (nSPS) is 21.2. The Morgan fingerprint density at radius 2 is 1.69 bits per heavy atom. The number of rotatable bonds is 1. The summed E-state index contributed by atoms with van der Waals surface area (Å²) in [6.07, 6.45) is 1.52. The summed E-state index contributed by atoms with van der Waals surface area (Å²) in [6, 6.07) is 9.84. The predicted molar refractivity (Wildman–Crippen MR) is 55.3 cm³/mol. The van der Waals surface area contributed by atoms with Crippen LogP contribution in [-0.4, -0.2) is 25.4 Å². The van der Waals surface area contributed by atoms with E-state index in [1.165, 1.54) is 0 Å². The highest BCUT2D eigenvalue weighted by Gasteiger charge is 2.26. The molecule has 1 saturated heterocycles. The molecule has 0 spiro atoms. The van der Waals surface area contributed by atoms with Gasteiger partial charge in [0.1, 0.15) is 7.14 Å². The van der Waals surface area contributed by atoms with Gasteiger partial charge in [0, 0.05) is 30.7 Å². The molecule has 0 saturated carbocycles. The SMILES string of the molecule is O=P1(c2ccccc2)CC[N]CC1. The Hall–Kier alpha value is -0.590. The van der Waals surface area contributed by atoms with Gasteiger partial charge < -0.3 is 4.57 Å². The Morgan fingerprint density at radius 3 is 2.31 bits per heavy atom. The van der Waals surface area contributed by atoms with Gasteiger partial charge in [-0.25, -0.2) is 5.32 Å². The third kappa shape index (κ3) is 1.84. The minimum absolute atomic E-state index is 0.761. The zero-order valence-corrected chi connectivity index (χ0v) is 8.41. The van der Waals surface area contributed by atoms with Gasteiger partial charge in [0.15, 0.2) is 0 Å². The quantitative estimate of drug-likeness (QED) is 0.620. The second-order valence-corrected chi connectivity index (χ2v) is 6.53. The van der Waals surface area contributed by atoms with Gasteiger partial charge in [0.25, 0.3) is 0 Å². The van der Waals surface area contributed by atoms with Gasteiger partial charge in [-0.15, -0.1) is 0 Å². The van der Waals surface area contributed by atoms with Gasteiger partial charge in [-0.3, -0.25) is 0 Å². The second kappa shape index (κ2) is 3.65. The van der Waals surface area contributed by atoms with E-state index in [4.69, 9.17) is 0 Å². The number of benzene rings is 1. The molecule has 1 fully saturated rings. The highest BCUT2D eigenvalue weighted by Crippen LogP contribution is 2.44. The number of hydrogen-bond acceptors (Lipinski definition) is 1. The van der Waals surface area contributed by atoms with Crippen molar-refractivity contribution in [2.75, 3.05) is 25.4 Å². The van der Waals surface area contributed by atoms with Crippen molar-refractivity contribution < 1.29 is 4.57 Å². The Morgan fingerprint density at radius 1 is 1.08 bits per heavy atom. The summed E-state index contributed by atoms with van der Waals surface area (Å²) < 4.78 is 12.4. The molecule has 2 nitrogen and oxygen atoms in total. The van der Waals surface area contributed by atoms with Crippen molar-refractivity contribution in [2.24, 2.45) is 0 Å². The lowest BCUT2D eigenvalue weighted by molar-refractivity contribution is 0.567. The zero-order valence-electron chi connectivity index (χ0n) is 7.52. The van der Waals surface area contributed by atoms with Crippen molar-refractivity contribution in [3.8, 4) is 0 Å². The molecule has 3 heteroatoms. The fourth-order valence-electron chi connectivity index (χ4n) is 1.65. The van der Waals surface area contributed by atoms with Gasteiger partial charge in [-0.05, 0) is 0 Å². The van der Waals surface area contributed by atoms with Crippen molar-refractivity contribution in [3.63, 3.8) is 0 Å². The zero-order chi connectivity index (χ0) is 9.15. The van der Waals surface area contributed by atoms with Gasteiger partial charge in [-0.1, -0.05) is 30.3 Å². The Balaban J connectivity index is 2.29. The van der Waals surface area contributed by atoms with Gasteiger partial charge in [0.2, 0.25) is 0 Å². The molecule has 0 amide bonds. The Bertz CT molecular complexity index is 313. The third-order valence-electron chi connectivity index (χ3n) is 2.47. The summed E-state index contributed by atoms with van der Waals surface area (Å²) in [6.45, 7) is 1.54. The summed E-state index contributed by atoms with van der Waals surface area (Å²) in [7, 11) is -2.06. The molecule has 0 aromatic heterocycles. The smallest absolute Gasteiger partial charge is 0.118 e. The minimum Gasteiger partial charge on any atom is -0.319 e. The lowest BCUT2D eigenvalue weighted by Crippen LogP contribution is -2.27. The average Bonchev–Trinajstić information content (AvgIpc) is 2.20. The first-order valence-corrected chi connectivity index (χ1v) is 6.66. The maximum atomic E-state index is 12.4. The Kier molecular flexibility index (Phi) is 2.52. The van der Waals surface area contributed by atoms with Crippen LogP contribution in [0.1, 0.15) is 0 Å². The highest BCUT2D eigenvalue weighted by atomic mass is 31.2. The second-order valence-electron chi connectivity index (χ2n) is 3.34. The Labute approximate surface area is 78.7 Å². The molecule has 1 aromatic carbocycles. The van der Waals surface area contributed by atoms with Crippen LogP contribution < -0.4 is 10.6 Å². The van der Waals surface area contributed by atoms with Crippen LogP contribution in [0.2, 0.25) is 0 Å². The summed E-state index contributed by atoms with van der Waals surface area (Å²) in [5, 5.41) is 5.26. The predicted octanol–water partition coefficient (Wildman–Crippen LogP) is 1.29. The molecule has 1 aliphatic heterocycles. The molecule has 0 atom stereocenters. The molecule has 0 unspecified atom stereocenters. The minimum atomic E-state index is -2.06. The molecule has 69 valence electrons. The summed E-state index contributed by atoms with van der Waals surface area (Å²) >= 11 is 0. The standard InChI is InChI=1S/C10H13NOP/c12-13(8-6-11-7-9-13)10-4-2-1-3-5-10/h1-5H,6-9H2. The molecule has 1 aliphatic rings. The molecule has 1 radical (unpaired) electrons. The largest absolute Gasteiger partial charge is 0.319 e. The van der Waals surface area contributed by atoms with Crippen LogP contribution in [0.15, 0.2) is 30.3 Å². The van der Waals surface area contributed by atoms with E-state index in [1.54, 1.807) is 0 Å². The maximum absolute atomic E-state index is 12.4. The average molecular weight is 194 g/mol. The summed E-state index contributed by atoms with van der Waals surface area (Å²) in [5.74, 6) is 0. The van der Waals surface area contributed by atoms with Crippen molar-refractivity contribution in [1.29, 1.82) is 0 Å². The molecule has 13 heavy (non-hydrogen) atoms. The van der Waals surface area contributed by atoms with Crippen molar-refractivity contribution in [3.05, 3.63) is 30.3 Å². The molecular formula is C10H13NOP. The fraction of sp³-hybridized carbons (Fsp3) is 0.400. The van der Waals surface area contributed by atoms with Gasteiger partial charge in [0.05, 0.1) is 0 Å². The van der Waals surface area contributed by atoms with E-state index in [1.807, 2.05) is 30.3 Å². The van der Waals surface area contributed by atoms with Crippen LogP contribution in [0.3, 0.4) is 0 Å². The molecule has 1 aromatic rings. The van der Waals surface area contributed by atoms with Gasteiger partial charge in [-0.2, -0.15) is 0 Å². The monoisotopic (exact) mass is 194 g/mol. The van der Waals surface area contributed by atoms with E-state index in [-0.39, 0.29) is 0 Å². The molecule has 0 bridgehead atoms. The van der Waals surface area contributed by atoms with Crippen LogP contribution in [0.5, 0.6) is 0 Å². The van der Waals surface area contributed by atoms with Crippen molar-refractivity contribution in [2.45, 2.75) is 0 Å². The van der Waals surface area contributed by atoms with Crippen LogP contribution in [-0.2, 0) is 4.57 Å². The number of hydrogen-bond donors (Lipinski definition) is 0. The summed E-state index contributed by atoms with van der Waals surface area (Å²) in [4.78, 5) is 0. The first-order chi connectivity index (χ1) is 6.31. The third-order valence-corrected chi connectivity index (χ3v) is 5.55. The van der Waals surface area contributed by atoms with Crippen molar-refractivity contribution >= 4 is 12.4 Å². The topological polar surface area (TPSA) is 31.2 Å². The van der Waals surface area contributed by atoms with Crippen LogP contribution in [0.25, 0.3) is 0 Å². The van der Waals surface area contributed by atoms with Crippen LogP contribution >= 0.6 is 7.14 Å². The van der Waals surface area contributed by atoms with Crippen LogP contribution in [0.4, 0.5) is 0 Å². The van der Waals surface area contributed by atoms with E-state index >= 15 is 0 Å². The lowest BCUT2D eigenvalue weighted by atomic mass is 10.4. The molecule has 0 aliphatic carbocycles. The lowest BCUT2D eigenvalue weighted by Gasteiger charge is -2.22. The molecular weight excluding hydrogens is 181 g/mol. The molecule has 1 heterocycles. The van der Waals surface area contributed by atoms with Crippen molar-refractivity contribution in [1.82, 2.24) is 5.32 Å². The van der Waals surface area contributed by atoms with E-state index < -0.39 is 7.14 Å². The summed E-state index contributed by atoms with van der Waals surface area (Å²) in [5.41, 5.74) is 0. The van der Waals surface area contributed by atoms with Crippen LogP contribution in [0, 0.1) is 0 Å². The maximum Gasteiger partial charge on any atom is 0.118 e. The highest BCUT2D eigenvalue weighted by molar-refractivity contribution is 7.71.